The number of amides is 1. The standard InChI is InChI=1S/C16H16N4O2S2/c1-3-11(23-15-17-9(2)8-13(21)19-15)14(22)20-16-18-10-6-4-5-7-12(10)24-16/h4-8,11H,3H2,1-2H3,(H,17,19,21)(H,18,20,22)/t11-/m0/s1. The Kier molecular flexibility index (Phi) is 4.96. The first-order chi connectivity index (χ1) is 11.5. The molecule has 3 rings (SSSR count). The van der Waals surface area contributed by atoms with Crippen molar-refractivity contribution in [3.8, 4) is 0 Å². The molecule has 0 saturated carbocycles. The van der Waals surface area contributed by atoms with Gasteiger partial charge in [0.2, 0.25) is 5.91 Å². The van der Waals surface area contributed by atoms with Crippen LogP contribution in [-0.4, -0.2) is 26.1 Å². The summed E-state index contributed by atoms with van der Waals surface area (Å²) in [6.07, 6.45) is 0.610. The number of carbonyl (C=O) groups is 1. The Morgan fingerprint density at radius 1 is 1.38 bits per heavy atom. The van der Waals surface area contributed by atoms with Crippen LogP contribution in [0.15, 0.2) is 40.3 Å². The highest BCUT2D eigenvalue weighted by Gasteiger charge is 2.20. The van der Waals surface area contributed by atoms with E-state index in [1.165, 1.54) is 29.2 Å². The number of hydrogen-bond acceptors (Lipinski definition) is 6. The van der Waals surface area contributed by atoms with E-state index in [1.54, 1.807) is 6.92 Å². The van der Waals surface area contributed by atoms with Crippen molar-refractivity contribution < 1.29 is 4.79 Å². The fraction of sp³-hybridized carbons (Fsp3) is 0.250. The number of aryl methyl sites for hydroxylation is 1. The van der Waals surface area contributed by atoms with Gasteiger partial charge in [-0.15, -0.1) is 0 Å². The second-order valence-electron chi connectivity index (χ2n) is 5.18. The minimum Gasteiger partial charge on any atom is -0.301 e. The Balaban J connectivity index is 1.74. The van der Waals surface area contributed by atoms with Crippen LogP contribution < -0.4 is 10.9 Å². The summed E-state index contributed by atoms with van der Waals surface area (Å²) in [7, 11) is 0. The number of nitrogens with one attached hydrogen (secondary N) is 2. The van der Waals surface area contributed by atoms with E-state index in [9.17, 15) is 9.59 Å². The monoisotopic (exact) mass is 360 g/mol. The summed E-state index contributed by atoms with van der Waals surface area (Å²) < 4.78 is 1.03. The molecule has 0 spiro atoms. The maximum absolute atomic E-state index is 12.5. The van der Waals surface area contributed by atoms with E-state index < -0.39 is 0 Å². The number of thiazole rings is 1. The van der Waals surface area contributed by atoms with Gasteiger partial charge in [-0.1, -0.05) is 42.2 Å². The van der Waals surface area contributed by atoms with Crippen molar-refractivity contribution in [2.24, 2.45) is 0 Å². The molecule has 8 heteroatoms. The molecule has 0 aliphatic heterocycles. The van der Waals surface area contributed by atoms with E-state index in [1.807, 2.05) is 31.2 Å². The molecule has 0 radical (unpaired) electrons. The molecular weight excluding hydrogens is 344 g/mol. The maximum atomic E-state index is 12.5. The van der Waals surface area contributed by atoms with Gasteiger partial charge >= 0.3 is 0 Å². The lowest BCUT2D eigenvalue weighted by Gasteiger charge is -2.12. The first-order valence-corrected chi connectivity index (χ1v) is 9.16. The van der Waals surface area contributed by atoms with Crippen molar-refractivity contribution in [3.63, 3.8) is 0 Å². The quantitative estimate of drug-likeness (QED) is 0.539. The van der Waals surface area contributed by atoms with E-state index in [0.29, 0.717) is 22.4 Å². The summed E-state index contributed by atoms with van der Waals surface area (Å²) in [4.78, 5) is 35.4. The third-order valence-corrected chi connectivity index (χ3v) is 5.49. The van der Waals surface area contributed by atoms with Crippen LogP contribution >= 0.6 is 23.1 Å². The van der Waals surface area contributed by atoms with Crippen LogP contribution in [0.5, 0.6) is 0 Å². The van der Waals surface area contributed by atoms with Crippen molar-refractivity contribution in [1.29, 1.82) is 0 Å². The number of fused-ring (bicyclic) bond motifs is 1. The van der Waals surface area contributed by atoms with E-state index in [0.717, 1.165) is 10.2 Å². The SMILES string of the molecule is CC[C@H](Sc1nc(C)cc(=O)[nH]1)C(=O)Nc1nc2ccccc2s1. The van der Waals surface area contributed by atoms with E-state index in [4.69, 9.17) is 0 Å². The van der Waals surface area contributed by atoms with Gasteiger partial charge in [-0.05, 0) is 25.5 Å². The van der Waals surface area contributed by atoms with Crippen LogP contribution in [0.2, 0.25) is 0 Å². The third kappa shape index (κ3) is 3.82. The minimum absolute atomic E-state index is 0.147. The number of aromatic amines is 1. The summed E-state index contributed by atoms with van der Waals surface area (Å²) in [6, 6.07) is 9.16. The predicted octanol–water partition coefficient (Wildman–Crippen LogP) is 3.20. The molecule has 6 nitrogen and oxygen atoms in total. The molecule has 3 aromatic rings. The average Bonchev–Trinajstić information content (AvgIpc) is 2.93. The Morgan fingerprint density at radius 2 is 2.17 bits per heavy atom. The van der Waals surface area contributed by atoms with Crippen LogP contribution in [0.1, 0.15) is 19.0 Å². The van der Waals surface area contributed by atoms with Crippen LogP contribution in [-0.2, 0) is 4.79 Å². The van der Waals surface area contributed by atoms with Gasteiger partial charge in [0.15, 0.2) is 10.3 Å². The van der Waals surface area contributed by atoms with Crippen molar-refractivity contribution in [2.45, 2.75) is 30.7 Å². The molecule has 0 unspecified atom stereocenters. The number of benzene rings is 1. The molecule has 24 heavy (non-hydrogen) atoms. The topological polar surface area (TPSA) is 87.7 Å². The van der Waals surface area contributed by atoms with Gasteiger partial charge < -0.3 is 10.3 Å². The second-order valence-corrected chi connectivity index (χ2v) is 7.40. The highest BCUT2D eigenvalue weighted by Crippen LogP contribution is 2.27. The molecule has 0 saturated heterocycles. The molecule has 0 bridgehead atoms. The lowest BCUT2D eigenvalue weighted by molar-refractivity contribution is -0.115. The predicted molar refractivity (Wildman–Crippen MR) is 97.8 cm³/mol. The van der Waals surface area contributed by atoms with E-state index >= 15 is 0 Å². The number of rotatable bonds is 5. The second kappa shape index (κ2) is 7.14. The molecule has 0 aliphatic rings. The van der Waals surface area contributed by atoms with Gasteiger partial charge in [0.1, 0.15) is 0 Å². The number of H-pyrrole nitrogens is 1. The molecule has 1 amide bonds. The van der Waals surface area contributed by atoms with E-state index in [-0.39, 0.29) is 16.7 Å². The van der Waals surface area contributed by atoms with Gasteiger partial charge in [-0.2, -0.15) is 0 Å². The number of para-hydroxylation sites is 1. The summed E-state index contributed by atoms with van der Waals surface area (Å²) in [5.41, 5.74) is 1.28. The van der Waals surface area contributed by atoms with E-state index in [2.05, 4.69) is 20.3 Å². The number of carbonyl (C=O) groups excluding carboxylic acids is 1. The first kappa shape index (κ1) is 16.7. The number of thioether (sulfide) groups is 1. The van der Waals surface area contributed by atoms with Crippen molar-refractivity contribution in [2.75, 3.05) is 5.32 Å². The Labute approximate surface area is 146 Å². The van der Waals surface area contributed by atoms with Gasteiger partial charge in [0.25, 0.3) is 5.56 Å². The molecule has 1 aromatic carbocycles. The van der Waals surface area contributed by atoms with Crippen molar-refractivity contribution >= 4 is 44.4 Å². The molecule has 1 atom stereocenters. The average molecular weight is 360 g/mol. The van der Waals surface area contributed by atoms with Gasteiger partial charge in [0.05, 0.1) is 15.5 Å². The normalized spacial score (nSPS) is 12.2. The molecular formula is C16H16N4O2S2. The number of anilines is 1. The minimum atomic E-state index is -0.359. The fourth-order valence-corrected chi connectivity index (χ4v) is 4.00. The summed E-state index contributed by atoms with van der Waals surface area (Å²) in [6.45, 7) is 3.67. The van der Waals surface area contributed by atoms with Gasteiger partial charge in [-0.3, -0.25) is 9.59 Å². The zero-order valence-corrected chi connectivity index (χ0v) is 14.8. The lowest BCUT2D eigenvalue weighted by Crippen LogP contribution is -2.25. The summed E-state index contributed by atoms with van der Waals surface area (Å²) in [5, 5.41) is 3.53. The van der Waals surface area contributed by atoms with Crippen molar-refractivity contribution in [1.82, 2.24) is 15.0 Å². The molecule has 2 N–H and O–H groups in total. The van der Waals surface area contributed by atoms with Crippen LogP contribution in [0.3, 0.4) is 0 Å². The van der Waals surface area contributed by atoms with Gasteiger partial charge in [-0.25, -0.2) is 9.97 Å². The third-order valence-electron chi connectivity index (χ3n) is 3.29. The Hall–Kier alpha value is -2.19. The molecule has 2 aromatic heterocycles. The number of hydrogen-bond donors (Lipinski definition) is 2. The largest absolute Gasteiger partial charge is 0.301 e. The Morgan fingerprint density at radius 3 is 2.88 bits per heavy atom. The molecule has 0 fully saturated rings. The molecule has 124 valence electrons. The highest BCUT2D eigenvalue weighted by atomic mass is 32.2. The fourth-order valence-electron chi connectivity index (χ4n) is 2.18. The smallest absolute Gasteiger partial charge is 0.251 e. The lowest BCUT2D eigenvalue weighted by atomic mass is 10.3. The van der Waals surface area contributed by atoms with Crippen LogP contribution in [0, 0.1) is 6.92 Å². The molecule has 2 heterocycles. The first-order valence-electron chi connectivity index (χ1n) is 7.46. The Bertz CT molecular complexity index is 902. The highest BCUT2D eigenvalue weighted by molar-refractivity contribution is 8.00. The number of nitrogens with zero attached hydrogens (tertiary/aromatic N) is 2. The zero-order valence-electron chi connectivity index (χ0n) is 13.2. The zero-order chi connectivity index (χ0) is 17.1. The maximum Gasteiger partial charge on any atom is 0.251 e. The van der Waals surface area contributed by atoms with Crippen molar-refractivity contribution in [3.05, 3.63) is 46.4 Å². The summed E-state index contributed by atoms with van der Waals surface area (Å²) in [5.74, 6) is -0.147. The van der Waals surface area contributed by atoms with Gasteiger partial charge in [0, 0.05) is 11.8 Å². The van der Waals surface area contributed by atoms with Crippen LogP contribution in [0.25, 0.3) is 10.2 Å². The van der Waals surface area contributed by atoms with Crippen LogP contribution in [0.4, 0.5) is 5.13 Å². The molecule has 0 aliphatic carbocycles. The number of aromatic nitrogens is 3. The summed E-state index contributed by atoms with van der Waals surface area (Å²) >= 11 is 2.69.